The summed E-state index contributed by atoms with van der Waals surface area (Å²) in [5.41, 5.74) is 0.864. The number of anilines is 1. The molecule has 0 heterocycles. The van der Waals surface area contributed by atoms with Crippen LogP contribution in [0, 0.1) is 10.1 Å². The van der Waals surface area contributed by atoms with Crippen molar-refractivity contribution >= 4 is 40.8 Å². The highest BCUT2D eigenvalue weighted by Gasteiger charge is 2.15. The minimum atomic E-state index is -0.685. The molecule has 0 aliphatic heterocycles. The zero-order valence-electron chi connectivity index (χ0n) is 20.7. The molecule has 1 amide bonds. The van der Waals surface area contributed by atoms with Crippen LogP contribution >= 0.6 is 0 Å². The van der Waals surface area contributed by atoms with Crippen molar-refractivity contribution < 1.29 is 38.4 Å². The van der Waals surface area contributed by atoms with Crippen molar-refractivity contribution in [1.29, 1.82) is 0 Å². The van der Waals surface area contributed by atoms with Gasteiger partial charge in [0.25, 0.3) is 5.69 Å². The van der Waals surface area contributed by atoms with E-state index in [2.05, 4.69) is 5.32 Å². The third-order valence-corrected chi connectivity index (χ3v) is 5.36. The van der Waals surface area contributed by atoms with E-state index >= 15 is 0 Å². The number of ketones is 2. The number of nitro groups is 1. The number of ether oxygens (including phenoxy) is 2. The highest BCUT2D eigenvalue weighted by molar-refractivity contribution is 6.00. The lowest BCUT2D eigenvalue weighted by Crippen LogP contribution is -2.16. The van der Waals surface area contributed by atoms with Crippen LogP contribution < -0.4 is 5.32 Å². The summed E-state index contributed by atoms with van der Waals surface area (Å²) in [6, 6.07) is 19.4. The van der Waals surface area contributed by atoms with Crippen molar-refractivity contribution in [2.45, 2.75) is 19.3 Å². The number of hydrogen-bond donors (Lipinski definition) is 1. The van der Waals surface area contributed by atoms with E-state index in [4.69, 9.17) is 9.47 Å². The zero-order valence-corrected chi connectivity index (χ0v) is 20.7. The van der Waals surface area contributed by atoms with Crippen LogP contribution in [0.4, 0.5) is 11.4 Å². The number of nitrogens with zero attached hydrogens (tertiary/aromatic N) is 1. The van der Waals surface area contributed by atoms with E-state index in [-0.39, 0.29) is 47.8 Å². The fourth-order valence-corrected chi connectivity index (χ4v) is 3.32. The van der Waals surface area contributed by atoms with E-state index < -0.39 is 35.9 Å². The Balaban J connectivity index is 1.35. The quantitative estimate of drug-likeness (QED) is 0.147. The number of carbonyl (C=O) groups is 5. The molecule has 0 unspecified atom stereocenters. The average Bonchev–Trinajstić information content (AvgIpc) is 2.95. The van der Waals surface area contributed by atoms with Crippen LogP contribution in [0.2, 0.25) is 0 Å². The molecule has 1 N–H and O–H groups in total. The number of nitro benzene ring substituents is 1. The summed E-state index contributed by atoms with van der Waals surface area (Å²) in [7, 11) is 0. The van der Waals surface area contributed by atoms with Gasteiger partial charge in [-0.3, -0.25) is 29.3 Å². The predicted octanol–water partition coefficient (Wildman–Crippen LogP) is 4.17. The summed E-state index contributed by atoms with van der Waals surface area (Å²) in [6.45, 7) is -0.964. The maximum absolute atomic E-state index is 12.2. The van der Waals surface area contributed by atoms with Crippen molar-refractivity contribution in [1.82, 2.24) is 0 Å². The summed E-state index contributed by atoms with van der Waals surface area (Å²) in [5.74, 6) is -2.65. The highest BCUT2D eigenvalue weighted by atomic mass is 16.6. The first-order chi connectivity index (χ1) is 18.7. The molecule has 0 fully saturated rings. The van der Waals surface area contributed by atoms with E-state index in [1.807, 2.05) is 0 Å². The molecule has 3 aromatic rings. The van der Waals surface area contributed by atoms with Crippen molar-refractivity contribution in [2.75, 3.05) is 18.5 Å². The molecule has 0 bridgehead atoms. The van der Waals surface area contributed by atoms with Crippen LogP contribution in [-0.2, 0) is 19.1 Å². The van der Waals surface area contributed by atoms with Crippen molar-refractivity contribution in [2.24, 2.45) is 0 Å². The lowest BCUT2D eigenvalue weighted by atomic mass is 10.1. The van der Waals surface area contributed by atoms with Gasteiger partial charge in [0.1, 0.15) is 0 Å². The molecule has 11 heteroatoms. The lowest BCUT2D eigenvalue weighted by molar-refractivity contribution is -0.384. The van der Waals surface area contributed by atoms with Crippen LogP contribution in [0.5, 0.6) is 0 Å². The molecule has 0 atom stereocenters. The molecule has 0 spiro atoms. The molecule has 3 aromatic carbocycles. The van der Waals surface area contributed by atoms with Gasteiger partial charge in [0.05, 0.1) is 10.5 Å². The topological polar surface area (TPSA) is 159 Å². The molecule has 0 radical (unpaired) electrons. The first-order valence-electron chi connectivity index (χ1n) is 11.8. The molecular formula is C28H24N2O9. The van der Waals surface area contributed by atoms with Gasteiger partial charge in [-0.05, 0) is 30.7 Å². The summed E-state index contributed by atoms with van der Waals surface area (Å²) < 4.78 is 9.95. The van der Waals surface area contributed by atoms with Gasteiger partial charge in [0.2, 0.25) is 11.7 Å². The number of amides is 1. The highest BCUT2D eigenvalue weighted by Crippen LogP contribution is 2.14. The van der Waals surface area contributed by atoms with Gasteiger partial charge in [-0.1, -0.05) is 42.5 Å². The molecule has 0 saturated heterocycles. The second kappa shape index (κ2) is 13.9. The zero-order chi connectivity index (χ0) is 28.2. The molecule has 0 aliphatic carbocycles. The third-order valence-electron chi connectivity index (χ3n) is 5.36. The van der Waals surface area contributed by atoms with Gasteiger partial charge in [0, 0.05) is 41.8 Å². The Labute approximate surface area is 222 Å². The van der Waals surface area contributed by atoms with Gasteiger partial charge in [-0.15, -0.1) is 0 Å². The fraction of sp³-hybridized carbons (Fsp3) is 0.179. The number of esters is 2. The fourth-order valence-electron chi connectivity index (χ4n) is 3.32. The second-order valence-corrected chi connectivity index (χ2v) is 8.24. The SMILES string of the molecule is O=C(CCCC(=O)OCC(=O)c1cccc([N+](=O)[O-])c1)Nc1ccc(C(=O)OCC(=O)c2ccccc2)cc1. The number of Topliss-reactive ketones (excluding diaryl/α,β-unsaturated/α-hetero) is 2. The molecule has 200 valence electrons. The van der Waals surface area contributed by atoms with Gasteiger partial charge in [-0.2, -0.15) is 0 Å². The van der Waals surface area contributed by atoms with Crippen LogP contribution in [-0.4, -0.2) is 47.5 Å². The Kier molecular flexibility index (Phi) is 10.1. The van der Waals surface area contributed by atoms with Gasteiger partial charge in [-0.25, -0.2) is 4.79 Å². The summed E-state index contributed by atoms with van der Waals surface area (Å²) >= 11 is 0. The van der Waals surface area contributed by atoms with Crippen molar-refractivity contribution in [3.8, 4) is 0 Å². The molecular weight excluding hydrogens is 508 g/mol. The van der Waals surface area contributed by atoms with E-state index in [1.54, 1.807) is 30.3 Å². The van der Waals surface area contributed by atoms with Crippen molar-refractivity contribution in [3.05, 3.63) is 106 Å². The van der Waals surface area contributed by atoms with Crippen LogP contribution in [0.1, 0.15) is 50.3 Å². The Morgan fingerprint density at radius 1 is 0.718 bits per heavy atom. The minimum absolute atomic E-state index is 0.000678. The van der Waals surface area contributed by atoms with Gasteiger partial charge < -0.3 is 14.8 Å². The van der Waals surface area contributed by atoms with E-state index in [0.717, 1.165) is 6.07 Å². The van der Waals surface area contributed by atoms with Gasteiger partial charge in [0.15, 0.2) is 19.0 Å². The van der Waals surface area contributed by atoms with Crippen LogP contribution in [0.25, 0.3) is 0 Å². The number of benzene rings is 3. The number of carbonyl (C=O) groups excluding carboxylic acids is 5. The standard InChI is InChI=1S/C28H24N2O9/c31-24(19-6-2-1-3-7-19)18-39-28(35)20-12-14-22(15-13-20)29-26(33)10-5-11-27(34)38-17-25(32)21-8-4-9-23(16-21)30(36)37/h1-4,6-9,12-16H,5,10-11,17-18H2,(H,29,33). The van der Waals surface area contributed by atoms with Crippen LogP contribution in [0.3, 0.4) is 0 Å². The maximum Gasteiger partial charge on any atom is 0.338 e. The molecule has 0 saturated carbocycles. The Hall–Kier alpha value is -5.19. The summed E-state index contributed by atoms with van der Waals surface area (Å²) in [6.07, 6.45) is 0.0525. The Morgan fingerprint density at radius 2 is 1.36 bits per heavy atom. The second-order valence-electron chi connectivity index (χ2n) is 8.24. The smallest absolute Gasteiger partial charge is 0.338 e. The van der Waals surface area contributed by atoms with Gasteiger partial charge >= 0.3 is 11.9 Å². The molecule has 11 nitrogen and oxygen atoms in total. The number of non-ortho nitro benzene ring substituents is 1. The maximum atomic E-state index is 12.2. The largest absolute Gasteiger partial charge is 0.457 e. The monoisotopic (exact) mass is 532 g/mol. The van der Waals surface area contributed by atoms with Crippen LogP contribution in [0.15, 0.2) is 78.9 Å². The lowest BCUT2D eigenvalue weighted by Gasteiger charge is -2.08. The normalized spacial score (nSPS) is 10.3. The van der Waals surface area contributed by atoms with E-state index in [1.165, 1.54) is 42.5 Å². The predicted molar refractivity (Wildman–Crippen MR) is 138 cm³/mol. The minimum Gasteiger partial charge on any atom is -0.457 e. The Morgan fingerprint density at radius 3 is 2.05 bits per heavy atom. The molecule has 39 heavy (non-hydrogen) atoms. The molecule has 0 aliphatic rings. The molecule has 3 rings (SSSR count). The first kappa shape index (κ1) is 28.4. The third kappa shape index (κ3) is 9.01. The Bertz CT molecular complexity index is 1370. The van der Waals surface area contributed by atoms with E-state index in [0.29, 0.717) is 11.3 Å². The van der Waals surface area contributed by atoms with Crippen molar-refractivity contribution in [3.63, 3.8) is 0 Å². The first-order valence-corrected chi connectivity index (χ1v) is 11.8. The number of rotatable bonds is 13. The average molecular weight is 533 g/mol. The number of nitrogens with one attached hydrogen (secondary N) is 1. The van der Waals surface area contributed by atoms with E-state index in [9.17, 15) is 34.1 Å². The summed E-state index contributed by atoms with van der Waals surface area (Å²) in [4.78, 5) is 70.6. The molecule has 0 aromatic heterocycles. The summed E-state index contributed by atoms with van der Waals surface area (Å²) in [5, 5.41) is 13.4. The number of hydrogen-bond acceptors (Lipinski definition) is 9.